The van der Waals surface area contributed by atoms with E-state index in [-0.39, 0.29) is 0 Å². The predicted octanol–water partition coefficient (Wildman–Crippen LogP) is 3.34. The van der Waals surface area contributed by atoms with Crippen molar-refractivity contribution in [3.8, 4) is 0 Å². The molecule has 0 saturated carbocycles. The topological polar surface area (TPSA) is 13.1 Å². The maximum atomic E-state index is 13.6. The van der Waals surface area contributed by atoms with Gasteiger partial charge in [-0.25, -0.2) is 4.39 Å². The van der Waals surface area contributed by atoms with Crippen molar-refractivity contribution in [3.63, 3.8) is 0 Å². The number of hydrogen-bond donors (Lipinski definition) is 0. The molecule has 66 valence electrons. The van der Waals surface area contributed by atoms with Crippen molar-refractivity contribution in [1.29, 1.82) is 0 Å². The Morgan fingerprint density at radius 3 is 2.38 bits per heavy atom. The van der Waals surface area contributed by atoms with Crippen LogP contribution in [0.3, 0.4) is 0 Å². The second-order valence-corrected chi connectivity index (χ2v) is 2.83. The minimum absolute atomic E-state index is 0.561. The molecule has 0 N–H and O–H groups in total. The fourth-order valence-corrected chi connectivity index (χ4v) is 1.23. The molecule has 0 saturated heterocycles. The van der Waals surface area contributed by atoms with Crippen LogP contribution in [0.2, 0.25) is 0 Å². The number of halogens is 1. The van der Waals surface area contributed by atoms with Crippen molar-refractivity contribution in [1.82, 2.24) is 0 Å². The molecule has 0 aliphatic carbocycles. The number of benzene rings is 1. The number of rotatable bonds is 2. The first kappa shape index (κ1) is 8.05. The van der Waals surface area contributed by atoms with Crippen LogP contribution in [0, 0.1) is 0 Å². The van der Waals surface area contributed by atoms with E-state index in [1.807, 2.05) is 18.2 Å². The maximum Gasteiger partial charge on any atom is 0.153 e. The van der Waals surface area contributed by atoms with Gasteiger partial charge in [0.2, 0.25) is 0 Å². The molecule has 0 aliphatic rings. The van der Waals surface area contributed by atoms with E-state index in [2.05, 4.69) is 0 Å². The Kier molecular flexibility index (Phi) is 2.13. The van der Waals surface area contributed by atoms with Gasteiger partial charge >= 0.3 is 0 Å². The smallest absolute Gasteiger partial charge is 0.153 e. The molecule has 1 atom stereocenters. The van der Waals surface area contributed by atoms with Gasteiger partial charge in [0.1, 0.15) is 0 Å². The van der Waals surface area contributed by atoms with Crippen molar-refractivity contribution in [2.45, 2.75) is 6.17 Å². The van der Waals surface area contributed by atoms with Gasteiger partial charge in [0.05, 0.1) is 12.5 Å². The fraction of sp³-hybridized carbons (Fsp3) is 0.0909. The Morgan fingerprint density at radius 1 is 1.00 bits per heavy atom. The van der Waals surface area contributed by atoms with Crippen LogP contribution >= 0.6 is 0 Å². The Morgan fingerprint density at radius 2 is 1.77 bits per heavy atom. The summed E-state index contributed by atoms with van der Waals surface area (Å²) in [6.45, 7) is 0. The molecule has 0 amide bonds. The first-order chi connectivity index (χ1) is 6.38. The molecule has 13 heavy (non-hydrogen) atoms. The SMILES string of the molecule is FC(c1ccccc1)c1ccoc1. The molecular weight excluding hydrogens is 167 g/mol. The first-order valence-electron chi connectivity index (χ1n) is 4.09. The zero-order valence-electron chi connectivity index (χ0n) is 6.98. The molecule has 0 radical (unpaired) electrons. The van der Waals surface area contributed by atoms with E-state index in [4.69, 9.17) is 4.42 Å². The van der Waals surface area contributed by atoms with E-state index < -0.39 is 6.17 Å². The highest BCUT2D eigenvalue weighted by Gasteiger charge is 2.12. The van der Waals surface area contributed by atoms with E-state index in [0.29, 0.717) is 11.1 Å². The highest BCUT2D eigenvalue weighted by atomic mass is 19.1. The molecule has 1 aromatic heterocycles. The summed E-state index contributed by atoms with van der Waals surface area (Å²) in [5, 5.41) is 0. The molecular formula is C11H9FO. The van der Waals surface area contributed by atoms with Crippen molar-refractivity contribution in [3.05, 3.63) is 60.1 Å². The summed E-state index contributed by atoms with van der Waals surface area (Å²) in [7, 11) is 0. The van der Waals surface area contributed by atoms with E-state index in [0.717, 1.165) is 0 Å². The minimum atomic E-state index is -1.08. The van der Waals surface area contributed by atoms with Crippen molar-refractivity contribution < 1.29 is 8.81 Å². The normalized spacial score (nSPS) is 12.7. The van der Waals surface area contributed by atoms with Crippen molar-refractivity contribution in [2.75, 3.05) is 0 Å². The van der Waals surface area contributed by atoms with Gasteiger partial charge in [-0.05, 0) is 11.6 Å². The van der Waals surface area contributed by atoms with E-state index in [1.54, 1.807) is 18.2 Å². The lowest BCUT2D eigenvalue weighted by Crippen LogP contribution is -1.90. The highest BCUT2D eigenvalue weighted by molar-refractivity contribution is 5.26. The molecule has 1 nitrogen and oxygen atoms in total. The van der Waals surface area contributed by atoms with Crippen molar-refractivity contribution >= 4 is 0 Å². The quantitative estimate of drug-likeness (QED) is 0.684. The third kappa shape index (κ3) is 1.61. The monoisotopic (exact) mass is 176 g/mol. The molecule has 1 aromatic carbocycles. The Labute approximate surface area is 75.8 Å². The van der Waals surface area contributed by atoms with Crippen LogP contribution < -0.4 is 0 Å². The summed E-state index contributed by atoms with van der Waals surface area (Å²) in [6.07, 6.45) is 1.82. The van der Waals surface area contributed by atoms with Crippen LogP contribution in [0.15, 0.2) is 53.3 Å². The summed E-state index contributed by atoms with van der Waals surface area (Å²) in [4.78, 5) is 0. The average Bonchev–Trinajstić information content (AvgIpc) is 2.71. The second-order valence-electron chi connectivity index (χ2n) is 2.83. The third-order valence-electron chi connectivity index (χ3n) is 1.93. The summed E-state index contributed by atoms with van der Waals surface area (Å²) in [6, 6.07) is 10.7. The van der Waals surface area contributed by atoms with Crippen LogP contribution in [0.1, 0.15) is 17.3 Å². The largest absolute Gasteiger partial charge is 0.472 e. The lowest BCUT2D eigenvalue weighted by Gasteiger charge is -2.04. The Bertz CT molecular complexity index is 353. The standard InChI is InChI=1S/C11H9FO/c12-11(10-6-7-13-8-10)9-4-2-1-3-5-9/h1-8,11H. The van der Waals surface area contributed by atoms with E-state index in [9.17, 15) is 4.39 Å². The molecule has 0 aliphatic heterocycles. The third-order valence-corrected chi connectivity index (χ3v) is 1.93. The fourth-order valence-electron chi connectivity index (χ4n) is 1.23. The van der Waals surface area contributed by atoms with Gasteiger partial charge in [0, 0.05) is 5.56 Å². The number of alkyl halides is 1. The molecule has 2 rings (SSSR count). The highest BCUT2D eigenvalue weighted by Crippen LogP contribution is 2.25. The van der Waals surface area contributed by atoms with Gasteiger partial charge in [0.15, 0.2) is 6.17 Å². The lowest BCUT2D eigenvalue weighted by molar-refractivity contribution is 0.398. The molecule has 0 bridgehead atoms. The van der Waals surface area contributed by atoms with Crippen LogP contribution in [0.25, 0.3) is 0 Å². The first-order valence-corrected chi connectivity index (χ1v) is 4.09. The van der Waals surface area contributed by atoms with Crippen molar-refractivity contribution in [2.24, 2.45) is 0 Å². The van der Waals surface area contributed by atoms with Gasteiger partial charge in [-0.15, -0.1) is 0 Å². The van der Waals surface area contributed by atoms with Gasteiger partial charge in [-0.2, -0.15) is 0 Å². The summed E-state index contributed by atoms with van der Waals surface area (Å²) >= 11 is 0. The van der Waals surface area contributed by atoms with Gasteiger partial charge < -0.3 is 4.42 Å². The van der Waals surface area contributed by atoms with E-state index in [1.165, 1.54) is 12.5 Å². The molecule has 2 heteroatoms. The van der Waals surface area contributed by atoms with Crippen LogP contribution in [0.4, 0.5) is 4.39 Å². The van der Waals surface area contributed by atoms with Gasteiger partial charge in [-0.3, -0.25) is 0 Å². The molecule has 0 spiro atoms. The average molecular weight is 176 g/mol. The Balaban J connectivity index is 2.29. The summed E-state index contributed by atoms with van der Waals surface area (Å²) in [5.41, 5.74) is 1.22. The summed E-state index contributed by atoms with van der Waals surface area (Å²) in [5.74, 6) is 0. The second kappa shape index (κ2) is 3.44. The maximum absolute atomic E-state index is 13.6. The van der Waals surface area contributed by atoms with Gasteiger partial charge in [-0.1, -0.05) is 30.3 Å². The minimum Gasteiger partial charge on any atom is -0.472 e. The molecule has 2 aromatic rings. The molecule has 1 unspecified atom stereocenters. The van der Waals surface area contributed by atoms with Crippen LogP contribution in [-0.4, -0.2) is 0 Å². The number of hydrogen-bond acceptors (Lipinski definition) is 1. The molecule has 1 heterocycles. The van der Waals surface area contributed by atoms with Gasteiger partial charge in [0.25, 0.3) is 0 Å². The molecule has 0 fully saturated rings. The van der Waals surface area contributed by atoms with E-state index >= 15 is 0 Å². The predicted molar refractivity (Wildman–Crippen MR) is 48.1 cm³/mol. The lowest BCUT2D eigenvalue weighted by atomic mass is 10.1. The zero-order valence-corrected chi connectivity index (χ0v) is 6.98. The Hall–Kier alpha value is -1.57. The number of furan rings is 1. The zero-order chi connectivity index (χ0) is 9.10. The van der Waals surface area contributed by atoms with Crippen LogP contribution in [-0.2, 0) is 0 Å². The summed E-state index contributed by atoms with van der Waals surface area (Å²) < 4.78 is 18.5. The van der Waals surface area contributed by atoms with Crippen LogP contribution in [0.5, 0.6) is 0 Å².